The van der Waals surface area contributed by atoms with E-state index < -0.39 is 18.0 Å². The first kappa shape index (κ1) is 15.7. The van der Waals surface area contributed by atoms with Gasteiger partial charge in [0.2, 0.25) is 0 Å². The summed E-state index contributed by atoms with van der Waals surface area (Å²) in [7, 11) is 1.63. The molecule has 6 nitrogen and oxygen atoms in total. The number of urea groups is 1. The summed E-state index contributed by atoms with van der Waals surface area (Å²) < 4.78 is 4.97. The van der Waals surface area contributed by atoms with Crippen molar-refractivity contribution < 1.29 is 19.4 Å². The second-order valence-corrected chi connectivity index (χ2v) is 4.79. The maximum atomic E-state index is 11.4. The van der Waals surface area contributed by atoms with E-state index in [4.69, 9.17) is 9.84 Å². The lowest BCUT2D eigenvalue weighted by atomic mass is 9.90. The first-order valence-electron chi connectivity index (χ1n) is 5.54. The van der Waals surface area contributed by atoms with Crippen LogP contribution in [-0.2, 0) is 9.53 Å². The highest BCUT2D eigenvalue weighted by atomic mass is 16.5. The van der Waals surface area contributed by atoms with E-state index in [9.17, 15) is 9.59 Å². The fraction of sp³-hybridized carbons (Fsp3) is 0.818. The Labute approximate surface area is 102 Å². The molecule has 17 heavy (non-hydrogen) atoms. The minimum absolute atomic E-state index is 0.0835. The highest BCUT2D eigenvalue weighted by molar-refractivity contribution is 5.82. The third kappa shape index (κ3) is 7.57. The van der Waals surface area contributed by atoms with Crippen LogP contribution in [-0.4, -0.2) is 43.4 Å². The van der Waals surface area contributed by atoms with Crippen molar-refractivity contribution in [2.75, 3.05) is 20.3 Å². The van der Waals surface area contributed by atoms with Crippen molar-refractivity contribution in [2.24, 2.45) is 5.41 Å². The predicted molar refractivity (Wildman–Crippen MR) is 63.9 cm³/mol. The van der Waals surface area contributed by atoms with Gasteiger partial charge in [0.15, 0.2) is 0 Å². The largest absolute Gasteiger partial charge is 0.480 e. The second kappa shape index (κ2) is 7.11. The number of rotatable bonds is 7. The van der Waals surface area contributed by atoms with Crippen LogP contribution in [0.4, 0.5) is 4.79 Å². The fourth-order valence-corrected chi connectivity index (χ4v) is 1.10. The van der Waals surface area contributed by atoms with Crippen molar-refractivity contribution in [3.05, 3.63) is 0 Å². The monoisotopic (exact) mass is 246 g/mol. The fourth-order valence-electron chi connectivity index (χ4n) is 1.10. The molecule has 0 aromatic rings. The Kier molecular flexibility index (Phi) is 6.57. The number of carbonyl (C=O) groups excluding carboxylic acids is 1. The van der Waals surface area contributed by atoms with Gasteiger partial charge in [0, 0.05) is 20.3 Å². The zero-order valence-corrected chi connectivity index (χ0v) is 10.9. The van der Waals surface area contributed by atoms with Gasteiger partial charge in [-0.15, -0.1) is 0 Å². The smallest absolute Gasteiger partial charge is 0.325 e. The summed E-state index contributed by atoms with van der Waals surface area (Å²) in [6.45, 7) is 6.52. The minimum Gasteiger partial charge on any atom is -0.480 e. The topological polar surface area (TPSA) is 87.7 Å². The Hall–Kier alpha value is -1.30. The molecule has 0 fully saturated rings. The molecule has 100 valence electrons. The lowest BCUT2D eigenvalue weighted by molar-refractivity contribution is -0.138. The first-order valence-corrected chi connectivity index (χ1v) is 5.54. The van der Waals surface area contributed by atoms with Gasteiger partial charge in [-0.1, -0.05) is 13.8 Å². The average molecular weight is 246 g/mol. The van der Waals surface area contributed by atoms with Crippen LogP contribution in [0.25, 0.3) is 0 Å². The van der Waals surface area contributed by atoms with Crippen molar-refractivity contribution in [1.82, 2.24) is 10.6 Å². The van der Waals surface area contributed by atoms with E-state index in [2.05, 4.69) is 10.6 Å². The molecule has 0 spiro atoms. The van der Waals surface area contributed by atoms with Crippen LogP contribution in [0, 0.1) is 5.41 Å². The molecule has 6 heteroatoms. The Bertz CT molecular complexity index is 266. The molecule has 0 saturated heterocycles. The van der Waals surface area contributed by atoms with Gasteiger partial charge in [0.05, 0.1) is 0 Å². The molecule has 0 aromatic carbocycles. The lowest BCUT2D eigenvalue weighted by Crippen LogP contribution is -2.46. The molecule has 0 bridgehead atoms. The van der Waals surface area contributed by atoms with Crippen LogP contribution >= 0.6 is 0 Å². The summed E-state index contributed by atoms with van der Waals surface area (Å²) >= 11 is 0. The maximum Gasteiger partial charge on any atom is 0.325 e. The van der Waals surface area contributed by atoms with Crippen LogP contribution in [0.3, 0.4) is 0 Å². The molecule has 3 N–H and O–H groups in total. The zero-order valence-electron chi connectivity index (χ0n) is 10.9. The molecule has 1 atom stereocenters. The quantitative estimate of drug-likeness (QED) is 0.620. The van der Waals surface area contributed by atoms with Gasteiger partial charge in [0.25, 0.3) is 0 Å². The Balaban J connectivity index is 3.94. The lowest BCUT2D eigenvalue weighted by Gasteiger charge is -2.24. The van der Waals surface area contributed by atoms with Gasteiger partial charge in [-0.2, -0.15) is 0 Å². The number of carboxylic acid groups (broad SMARTS) is 1. The third-order valence-electron chi connectivity index (χ3n) is 2.43. The highest BCUT2D eigenvalue weighted by Crippen LogP contribution is 2.18. The molecular formula is C11H22N2O4. The third-order valence-corrected chi connectivity index (χ3v) is 2.43. The van der Waals surface area contributed by atoms with E-state index in [0.29, 0.717) is 13.2 Å². The maximum absolute atomic E-state index is 11.4. The SMILES string of the molecule is COCCC(C)(C)CNC(=O)NC(C)C(=O)O. The number of carbonyl (C=O) groups is 2. The Morgan fingerprint density at radius 1 is 1.41 bits per heavy atom. The summed E-state index contributed by atoms with van der Waals surface area (Å²) in [6, 6.07) is -1.36. The van der Waals surface area contributed by atoms with Crippen LogP contribution in [0.5, 0.6) is 0 Å². The van der Waals surface area contributed by atoms with Gasteiger partial charge >= 0.3 is 12.0 Å². The van der Waals surface area contributed by atoms with Crippen molar-refractivity contribution in [1.29, 1.82) is 0 Å². The molecule has 0 aliphatic carbocycles. The van der Waals surface area contributed by atoms with Crippen LogP contribution in [0.1, 0.15) is 27.2 Å². The van der Waals surface area contributed by atoms with Crippen molar-refractivity contribution in [3.63, 3.8) is 0 Å². The number of carboxylic acids is 1. The van der Waals surface area contributed by atoms with E-state index in [1.807, 2.05) is 13.8 Å². The summed E-state index contributed by atoms with van der Waals surface area (Å²) in [5.74, 6) is -1.06. The second-order valence-electron chi connectivity index (χ2n) is 4.79. The van der Waals surface area contributed by atoms with Gasteiger partial charge in [-0.25, -0.2) is 4.79 Å². The van der Waals surface area contributed by atoms with E-state index in [0.717, 1.165) is 6.42 Å². The van der Waals surface area contributed by atoms with Crippen molar-refractivity contribution in [3.8, 4) is 0 Å². The highest BCUT2D eigenvalue weighted by Gasteiger charge is 2.20. The normalized spacial score (nSPS) is 12.9. The first-order chi connectivity index (χ1) is 7.78. The molecule has 0 aliphatic heterocycles. The average Bonchev–Trinajstić information content (AvgIpc) is 2.24. The van der Waals surface area contributed by atoms with Crippen LogP contribution < -0.4 is 10.6 Å². The molecule has 0 heterocycles. The van der Waals surface area contributed by atoms with E-state index in [-0.39, 0.29) is 5.41 Å². The van der Waals surface area contributed by atoms with Gasteiger partial charge < -0.3 is 20.5 Å². The number of nitrogens with one attached hydrogen (secondary N) is 2. The van der Waals surface area contributed by atoms with E-state index in [1.54, 1.807) is 7.11 Å². The van der Waals surface area contributed by atoms with E-state index >= 15 is 0 Å². The number of hydrogen-bond donors (Lipinski definition) is 3. The van der Waals surface area contributed by atoms with Crippen LogP contribution in [0.2, 0.25) is 0 Å². The van der Waals surface area contributed by atoms with Crippen molar-refractivity contribution >= 4 is 12.0 Å². The van der Waals surface area contributed by atoms with Crippen LogP contribution in [0.15, 0.2) is 0 Å². The Morgan fingerprint density at radius 2 is 2.00 bits per heavy atom. The summed E-state index contributed by atoms with van der Waals surface area (Å²) in [4.78, 5) is 21.9. The summed E-state index contributed by atoms with van der Waals surface area (Å²) in [5, 5.41) is 13.6. The molecule has 0 aliphatic rings. The number of aliphatic carboxylic acids is 1. The van der Waals surface area contributed by atoms with Gasteiger partial charge in [-0.3, -0.25) is 4.79 Å². The molecule has 2 amide bonds. The minimum atomic E-state index is -1.06. The van der Waals surface area contributed by atoms with Crippen molar-refractivity contribution in [2.45, 2.75) is 33.2 Å². The number of hydrogen-bond acceptors (Lipinski definition) is 3. The predicted octanol–water partition coefficient (Wildman–Crippen LogP) is 0.821. The summed E-state index contributed by atoms with van der Waals surface area (Å²) in [5.41, 5.74) is -0.0835. The zero-order chi connectivity index (χ0) is 13.5. The number of methoxy groups -OCH3 is 1. The van der Waals surface area contributed by atoms with Gasteiger partial charge in [-0.05, 0) is 18.8 Å². The number of ether oxygens (including phenoxy) is 1. The van der Waals surface area contributed by atoms with Gasteiger partial charge in [0.1, 0.15) is 6.04 Å². The molecule has 0 aromatic heterocycles. The molecule has 0 rings (SSSR count). The van der Waals surface area contributed by atoms with E-state index in [1.165, 1.54) is 6.92 Å². The Morgan fingerprint density at radius 3 is 2.47 bits per heavy atom. The molecule has 1 unspecified atom stereocenters. The molecular weight excluding hydrogens is 224 g/mol. The summed E-state index contributed by atoms with van der Waals surface area (Å²) in [6.07, 6.45) is 0.818. The number of amides is 2. The molecule has 0 radical (unpaired) electrons. The standard InChI is InChI=1S/C11H22N2O4/c1-8(9(14)15)13-10(16)12-7-11(2,3)5-6-17-4/h8H,5-7H2,1-4H3,(H,14,15)(H2,12,13,16). The molecule has 0 saturated carbocycles.